The number of aromatic nitrogens is 2. The van der Waals surface area contributed by atoms with Crippen LogP contribution in [0.3, 0.4) is 0 Å². The Balaban J connectivity index is 1.91. The van der Waals surface area contributed by atoms with Crippen molar-refractivity contribution in [3.8, 4) is 0 Å². The molecule has 19 heavy (non-hydrogen) atoms. The van der Waals surface area contributed by atoms with Crippen LogP contribution >= 0.6 is 0 Å². The van der Waals surface area contributed by atoms with Crippen molar-refractivity contribution in [3.05, 3.63) is 54.1 Å². The Morgan fingerprint density at radius 3 is 2.68 bits per heavy atom. The number of hydrogen-bond donors (Lipinski definition) is 2. The summed E-state index contributed by atoms with van der Waals surface area (Å²) in [4.78, 5) is 26.5. The first-order valence-electron chi connectivity index (χ1n) is 5.71. The normalized spacial score (nSPS) is 10.1. The molecule has 2 aromatic heterocycles. The summed E-state index contributed by atoms with van der Waals surface area (Å²) in [5, 5.41) is 11.6. The molecule has 0 saturated carbocycles. The number of amides is 1. The van der Waals surface area contributed by atoms with Gasteiger partial charge >= 0.3 is 5.97 Å². The summed E-state index contributed by atoms with van der Waals surface area (Å²) in [5.41, 5.74) is 1.04. The summed E-state index contributed by atoms with van der Waals surface area (Å²) in [6.07, 6.45) is 4.86. The highest BCUT2D eigenvalue weighted by atomic mass is 16.4. The van der Waals surface area contributed by atoms with Gasteiger partial charge in [-0.2, -0.15) is 0 Å². The van der Waals surface area contributed by atoms with E-state index in [9.17, 15) is 9.59 Å². The Labute approximate surface area is 109 Å². The maximum atomic E-state index is 11.7. The third-order valence-corrected chi connectivity index (χ3v) is 2.60. The molecule has 0 spiro atoms. The summed E-state index contributed by atoms with van der Waals surface area (Å²) >= 11 is 0. The molecular formula is C13H13N3O3. The summed E-state index contributed by atoms with van der Waals surface area (Å²) in [6.45, 7) is 0.380. The van der Waals surface area contributed by atoms with Gasteiger partial charge in [-0.3, -0.25) is 9.78 Å². The van der Waals surface area contributed by atoms with Crippen LogP contribution in [-0.4, -0.2) is 26.5 Å². The molecular weight excluding hydrogens is 246 g/mol. The number of nitrogens with zero attached hydrogens (tertiary/aromatic N) is 2. The topological polar surface area (TPSA) is 84.2 Å². The summed E-state index contributed by atoms with van der Waals surface area (Å²) in [5.74, 6) is -1.29. The van der Waals surface area contributed by atoms with Crippen LogP contribution in [0.1, 0.15) is 16.1 Å². The van der Waals surface area contributed by atoms with Crippen molar-refractivity contribution in [3.63, 3.8) is 0 Å². The van der Waals surface area contributed by atoms with Gasteiger partial charge in [-0.1, -0.05) is 0 Å². The minimum atomic E-state index is -1.05. The van der Waals surface area contributed by atoms with Crippen molar-refractivity contribution in [2.75, 3.05) is 0 Å². The highest BCUT2D eigenvalue weighted by Gasteiger charge is 2.11. The molecule has 6 nitrogen and oxygen atoms in total. The second-order valence-electron chi connectivity index (χ2n) is 3.96. The summed E-state index contributed by atoms with van der Waals surface area (Å²) in [6, 6.07) is 6.66. The Morgan fingerprint density at radius 1 is 1.26 bits per heavy atom. The number of carbonyl (C=O) groups excluding carboxylic acids is 1. The molecule has 0 atom stereocenters. The average molecular weight is 259 g/mol. The van der Waals surface area contributed by atoms with Crippen LogP contribution in [0.5, 0.6) is 0 Å². The highest BCUT2D eigenvalue weighted by Crippen LogP contribution is 2.02. The standard InChI is InChI=1S/C13H13N3O3/c17-12(15-8-10-3-5-14-6-4-10)9-16-7-1-2-11(16)13(18)19/h1-7H,8-9H2,(H,15,17)(H,18,19). The zero-order valence-electron chi connectivity index (χ0n) is 10.1. The van der Waals surface area contributed by atoms with Crippen molar-refractivity contribution in [1.29, 1.82) is 0 Å². The minimum absolute atomic E-state index is 0.0142. The number of carbonyl (C=O) groups is 2. The highest BCUT2D eigenvalue weighted by molar-refractivity contribution is 5.86. The number of rotatable bonds is 5. The number of hydrogen-bond acceptors (Lipinski definition) is 3. The minimum Gasteiger partial charge on any atom is -0.477 e. The van der Waals surface area contributed by atoms with E-state index in [-0.39, 0.29) is 18.1 Å². The van der Waals surface area contributed by atoms with E-state index in [1.54, 1.807) is 36.8 Å². The molecule has 6 heteroatoms. The van der Waals surface area contributed by atoms with Crippen LogP contribution in [0, 0.1) is 0 Å². The van der Waals surface area contributed by atoms with Gasteiger partial charge in [0, 0.05) is 25.1 Å². The molecule has 1 amide bonds. The molecule has 0 aromatic carbocycles. The Morgan fingerprint density at radius 2 is 2.00 bits per heavy atom. The molecule has 2 N–H and O–H groups in total. The SMILES string of the molecule is O=C(Cn1cccc1C(=O)O)NCc1ccncc1. The Hall–Kier alpha value is -2.63. The van der Waals surface area contributed by atoms with E-state index in [1.165, 1.54) is 10.6 Å². The predicted octanol–water partition coefficient (Wildman–Crippen LogP) is 0.898. The molecule has 2 heterocycles. The van der Waals surface area contributed by atoms with Gasteiger partial charge in [0.05, 0.1) is 0 Å². The lowest BCUT2D eigenvalue weighted by Crippen LogP contribution is -2.28. The lowest BCUT2D eigenvalue weighted by atomic mass is 10.3. The third-order valence-electron chi connectivity index (χ3n) is 2.60. The van der Waals surface area contributed by atoms with E-state index < -0.39 is 5.97 Å². The first-order chi connectivity index (χ1) is 9.16. The number of aromatic carboxylic acids is 1. The fourth-order valence-corrected chi connectivity index (χ4v) is 1.66. The quantitative estimate of drug-likeness (QED) is 0.835. The van der Waals surface area contributed by atoms with Crippen LogP contribution in [0.25, 0.3) is 0 Å². The zero-order chi connectivity index (χ0) is 13.7. The van der Waals surface area contributed by atoms with Crippen molar-refractivity contribution in [2.24, 2.45) is 0 Å². The Bertz CT molecular complexity index is 578. The van der Waals surface area contributed by atoms with Crippen LogP contribution in [0.15, 0.2) is 42.9 Å². The number of pyridine rings is 1. The van der Waals surface area contributed by atoms with Crippen molar-refractivity contribution in [2.45, 2.75) is 13.1 Å². The molecule has 0 aliphatic rings. The number of carboxylic acid groups (broad SMARTS) is 1. The third kappa shape index (κ3) is 3.41. The lowest BCUT2D eigenvalue weighted by Gasteiger charge is -2.07. The van der Waals surface area contributed by atoms with Crippen LogP contribution in [0.4, 0.5) is 0 Å². The summed E-state index contributed by atoms with van der Waals surface area (Å²) in [7, 11) is 0. The van der Waals surface area contributed by atoms with Crippen molar-refractivity contribution >= 4 is 11.9 Å². The lowest BCUT2D eigenvalue weighted by molar-refractivity contribution is -0.121. The van der Waals surface area contributed by atoms with Gasteiger partial charge < -0.3 is 15.0 Å². The van der Waals surface area contributed by atoms with Gasteiger partial charge in [-0.05, 0) is 29.8 Å². The van der Waals surface area contributed by atoms with Crippen LogP contribution < -0.4 is 5.32 Å². The zero-order valence-corrected chi connectivity index (χ0v) is 10.1. The molecule has 0 fully saturated rings. The van der Waals surface area contributed by atoms with Gasteiger partial charge in [0.2, 0.25) is 5.91 Å². The second-order valence-corrected chi connectivity index (χ2v) is 3.96. The predicted molar refractivity (Wildman–Crippen MR) is 67.5 cm³/mol. The summed E-state index contributed by atoms with van der Waals surface area (Å²) < 4.78 is 1.39. The van der Waals surface area contributed by atoms with E-state index in [4.69, 9.17) is 5.11 Å². The molecule has 0 radical (unpaired) electrons. The van der Waals surface area contributed by atoms with E-state index in [0.717, 1.165) is 5.56 Å². The maximum absolute atomic E-state index is 11.7. The number of nitrogens with one attached hydrogen (secondary N) is 1. The van der Waals surface area contributed by atoms with E-state index in [2.05, 4.69) is 10.3 Å². The van der Waals surface area contributed by atoms with E-state index in [0.29, 0.717) is 6.54 Å². The van der Waals surface area contributed by atoms with E-state index in [1.807, 2.05) is 0 Å². The maximum Gasteiger partial charge on any atom is 0.352 e. The molecule has 0 unspecified atom stereocenters. The smallest absolute Gasteiger partial charge is 0.352 e. The van der Waals surface area contributed by atoms with Gasteiger partial charge in [-0.15, -0.1) is 0 Å². The fraction of sp³-hybridized carbons (Fsp3) is 0.154. The molecule has 2 aromatic rings. The van der Waals surface area contributed by atoms with Crippen molar-refractivity contribution < 1.29 is 14.7 Å². The van der Waals surface area contributed by atoms with Gasteiger partial charge in [0.1, 0.15) is 12.2 Å². The van der Waals surface area contributed by atoms with Gasteiger partial charge in [0.15, 0.2) is 0 Å². The molecule has 98 valence electrons. The second kappa shape index (κ2) is 5.81. The molecule has 0 bridgehead atoms. The van der Waals surface area contributed by atoms with Crippen LogP contribution in [-0.2, 0) is 17.9 Å². The largest absolute Gasteiger partial charge is 0.477 e. The first kappa shape index (κ1) is 12.8. The Kier molecular flexibility index (Phi) is 3.92. The molecule has 0 aliphatic heterocycles. The molecule has 0 aliphatic carbocycles. The number of carboxylic acids is 1. The first-order valence-corrected chi connectivity index (χ1v) is 5.71. The molecule has 0 saturated heterocycles. The van der Waals surface area contributed by atoms with Gasteiger partial charge in [0.25, 0.3) is 0 Å². The van der Waals surface area contributed by atoms with Crippen LogP contribution in [0.2, 0.25) is 0 Å². The monoisotopic (exact) mass is 259 g/mol. The fourth-order valence-electron chi connectivity index (χ4n) is 1.66. The molecule has 2 rings (SSSR count). The van der Waals surface area contributed by atoms with Gasteiger partial charge in [-0.25, -0.2) is 4.79 Å². The average Bonchev–Trinajstić information content (AvgIpc) is 2.86. The van der Waals surface area contributed by atoms with E-state index >= 15 is 0 Å². The van der Waals surface area contributed by atoms with Crippen molar-refractivity contribution in [1.82, 2.24) is 14.9 Å².